The second-order valence-electron chi connectivity index (χ2n) is 5.91. The number of likely N-dealkylation sites (N-methyl/N-ethyl adjacent to an activating group) is 1. The zero-order valence-corrected chi connectivity index (χ0v) is 19.3. The topological polar surface area (TPSA) is 82.5 Å². The van der Waals surface area contributed by atoms with Crippen molar-refractivity contribution < 1.29 is 4.79 Å². The average Bonchev–Trinajstić information content (AvgIpc) is 2.97. The molecule has 0 saturated carbocycles. The monoisotopic (exact) mass is 502 g/mol. The normalized spacial score (nSPS) is 10.9. The lowest BCUT2D eigenvalue weighted by Gasteiger charge is -2.18. The SMILES string of the molecule is CN=C(NCC(=O)N(C)CCc1ccccn1)NCc1sc(C)nc1C.I. The zero-order valence-electron chi connectivity index (χ0n) is 16.2. The third kappa shape index (κ3) is 7.79. The van der Waals surface area contributed by atoms with E-state index in [9.17, 15) is 4.79 Å². The fraction of sp³-hybridized carbons (Fsp3) is 0.444. The Bertz CT molecular complexity index is 750. The van der Waals surface area contributed by atoms with Crippen LogP contribution in [0.25, 0.3) is 0 Å². The molecule has 9 heteroatoms. The van der Waals surface area contributed by atoms with E-state index in [1.54, 1.807) is 36.5 Å². The fourth-order valence-corrected chi connectivity index (χ4v) is 3.25. The van der Waals surface area contributed by atoms with Gasteiger partial charge in [-0.3, -0.25) is 14.8 Å². The standard InChI is InChI=1S/C18H26N6OS.HI/c1-13-16(26-14(2)23-13)11-21-18(19-3)22-12-17(25)24(4)10-8-15-7-5-6-9-20-15;/h5-7,9H,8,10-12H2,1-4H3,(H2,19,21,22);1H. The van der Waals surface area contributed by atoms with Gasteiger partial charge in [0, 0.05) is 43.8 Å². The number of nitrogens with one attached hydrogen (secondary N) is 2. The number of nitrogens with zero attached hydrogens (tertiary/aromatic N) is 4. The van der Waals surface area contributed by atoms with Crippen molar-refractivity contribution in [2.45, 2.75) is 26.8 Å². The summed E-state index contributed by atoms with van der Waals surface area (Å²) < 4.78 is 0. The summed E-state index contributed by atoms with van der Waals surface area (Å²) in [5, 5.41) is 7.33. The van der Waals surface area contributed by atoms with Crippen LogP contribution >= 0.6 is 35.3 Å². The number of rotatable bonds is 7. The highest BCUT2D eigenvalue weighted by Crippen LogP contribution is 2.16. The number of halogens is 1. The Morgan fingerprint density at radius 1 is 1.30 bits per heavy atom. The molecule has 0 radical (unpaired) electrons. The highest BCUT2D eigenvalue weighted by molar-refractivity contribution is 14.0. The Labute approximate surface area is 181 Å². The summed E-state index contributed by atoms with van der Waals surface area (Å²) in [6, 6.07) is 5.80. The molecule has 0 spiro atoms. The molecule has 0 fully saturated rings. The maximum Gasteiger partial charge on any atom is 0.241 e. The van der Waals surface area contributed by atoms with Crippen LogP contribution in [0.2, 0.25) is 0 Å². The van der Waals surface area contributed by atoms with Gasteiger partial charge in [0.05, 0.1) is 23.8 Å². The van der Waals surface area contributed by atoms with Crippen LogP contribution in [0.15, 0.2) is 29.4 Å². The van der Waals surface area contributed by atoms with Crippen molar-refractivity contribution in [3.63, 3.8) is 0 Å². The predicted octanol–water partition coefficient (Wildman–Crippen LogP) is 2.14. The zero-order chi connectivity index (χ0) is 18.9. The van der Waals surface area contributed by atoms with Crippen molar-refractivity contribution in [2.75, 3.05) is 27.2 Å². The van der Waals surface area contributed by atoms with Crippen LogP contribution in [0.1, 0.15) is 21.3 Å². The summed E-state index contributed by atoms with van der Waals surface area (Å²) in [7, 11) is 3.49. The smallest absolute Gasteiger partial charge is 0.241 e. The maximum absolute atomic E-state index is 12.3. The van der Waals surface area contributed by atoms with Gasteiger partial charge < -0.3 is 15.5 Å². The Balaban J connectivity index is 0.00000364. The molecular formula is C18H27IN6OS. The molecule has 0 bridgehead atoms. The van der Waals surface area contributed by atoms with Gasteiger partial charge in [-0.15, -0.1) is 35.3 Å². The molecule has 2 aromatic heterocycles. The Hall–Kier alpha value is -1.75. The summed E-state index contributed by atoms with van der Waals surface area (Å²) in [4.78, 5) is 28.0. The van der Waals surface area contributed by atoms with Crippen LogP contribution in [-0.4, -0.2) is 53.9 Å². The molecule has 27 heavy (non-hydrogen) atoms. The molecule has 2 heterocycles. The van der Waals surface area contributed by atoms with Crippen LogP contribution in [-0.2, 0) is 17.8 Å². The first-order valence-corrected chi connectivity index (χ1v) is 9.32. The van der Waals surface area contributed by atoms with E-state index in [4.69, 9.17) is 0 Å². The minimum absolute atomic E-state index is 0. The molecule has 1 amide bonds. The van der Waals surface area contributed by atoms with Gasteiger partial charge in [-0.1, -0.05) is 6.07 Å². The number of thiazole rings is 1. The lowest BCUT2D eigenvalue weighted by atomic mass is 10.2. The summed E-state index contributed by atoms with van der Waals surface area (Å²) in [6.45, 7) is 5.45. The number of guanidine groups is 1. The summed E-state index contributed by atoms with van der Waals surface area (Å²) in [6.07, 6.45) is 2.50. The Morgan fingerprint density at radius 3 is 2.67 bits per heavy atom. The highest BCUT2D eigenvalue weighted by Gasteiger charge is 2.11. The van der Waals surface area contributed by atoms with Crippen LogP contribution in [0, 0.1) is 13.8 Å². The number of aliphatic imine (C=N–C) groups is 1. The minimum atomic E-state index is 0. The summed E-state index contributed by atoms with van der Waals surface area (Å²) in [5.74, 6) is 0.607. The molecule has 2 N–H and O–H groups in total. The molecule has 7 nitrogen and oxygen atoms in total. The molecule has 0 aliphatic heterocycles. The van der Waals surface area contributed by atoms with Crippen molar-refractivity contribution in [1.82, 2.24) is 25.5 Å². The molecule has 2 aromatic rings. The van der Waals surface area contributed by atoms with Crippen LogP contribution in [0.4, 0.5) is 0 Å². The molecule has 2 rings (SSSR count). The lowest BCUT2D eigenvalue weighted by Crippen LogP contribution is -2.43. The molecule has 0 saturated heterocycles. The molecule has 0 aliphatic rings. The van der Waals surface area contributed by atoms with E-state index < -0.39 is 0 Å². The van der Waals surface area contributed by atoms with Crippen molar-refractivity contribution in [3.05, 3.63) is 45.7 Å². The van der Waals surface area contributed by atoms with Crippen LogP contribution in [0.3, 0.4) is 0 Å². The van der Waals surface area contributed by atoms with Crippen molar-refractivity contribution >= 4 is 47.2 Å². The largest absolute Gasteiger partial charge is 0.351 e. The first-order valence-electron chi connectivity index (χ1n) is 8.51. The molecular weight excluding hydrogens is 475 g/mol. The quantitative estimate of drug-likeness (QED) is 0.345. The van der Waals surface area contributed by atoms with E-state index in [1.165, 1.54) is 4.88 Å². The van der Waals surface area contributed by atoms with Gasteiger partial charge >= 0.3 is 0 Å². The van der Waals surface area contributed by atoms with Crippen molar-refractivity contribution in [2.24, 2.45) is 4.99 Å². The predicted molar refractivity (Wildman–Crippen MR) is 121 cm³/mol. The summed E-state index contributed by atoms with van der Waals surface area (Å²) >= 11 is 1.66. The number of aromatic nitrogens is 2. The molecule has 0 aliphatic carbocycles. The molecule has 148 valence electrons. The number of pyridine rings is 1. The Kier molecular flexibility index (Phi) is 10.2. The molecule has 0 atom stereocenters. The highest BCUT2D eigenvalue weighted by atomic mass is 127. The molecule has 0 unspecified atom stereocenters. The lowest BCUT2D eigenvalue weighted by molar-refractivity contribution is -0.128. The van der Waals surface area contributed by atoms with Gasteiger partial charge in [-0.2, -0.15) is 0 Å². The van der Waals surface area contributed by atoms with E-state index in [0.29, 0.717) is 19.0 Å². The van der Waals surface area contributed by atoms with Crippen molar-refractivity contribution in [1.29, 1.82) is 0 Å². The minimum Gasteiger partial charge on any atom is -0.351 e. The van der Waals surface area contributed by atoms with Gasteiger partial charge in [0.15, 0.2) is 5.96 Å². The maximum atomic E-state index is 12.3. The first kappa shape index (κ1) is 23.3. The number of aryl methyl sites for hydroxylation is 2. The van der Waals surface area contributed by atoms with Crippen molar-refractivity contribution in [3.8, 4) is 0 Å². The van der Waals surface area contributed by atoms with E-state index in [-0.39, 0.29) is 36.4 Å². The average molecular weight is 502 g/mol. The second kappa shape index (κ2) is 11.9. The number of carbonyl (C=O) groups excluding carboxylic acids is 1. The Morgan fingerprint density at radius 2 is 2.07 bits per heavy atom. The number of hydrogen-bond acceptors (Lipinski definition) is 5. The van der Waals surface area contributed by atoms with Gasteiger partial charge in [0.1, 0.15) is 0 Å². The van der Waals surface area contributed by atoms with Crippen LogP contribution in [0.5, 0.6) is 0 Å². The van der Waals surface area contributed by atoms with E-state index in [1.807, 2.05) is 32.0 Å². The van der Waals surface area contributed by atoms with Crippen LogP contribution < -0.4 is 10.6 Å². The second-order valence-corrected chi connectivity index (χ2v) is 7.19. The van der Waals surface area contributed by atoms with E-state index in [0.717, 1.165) is 22.8 Å². The first-order chi connectivity index (χ1) is 12.5. The number of carbonyl (C=O) groups is 1. The van der Waals surface area contributed by atoms with Gasteiger partial charge in [-0.25, -0.2) is 4.98 Å². The number of amides is 1. The molecule has 0 aromatic carbocycles. The van der Waals surface area contributed by atoms with E-state index >= 15 is 0 Å². The van der Waals surface area contributed by atoms with E-state index in [2.05, 4.69) is 25.6 Å². The van der Waals surface area contributed by atoms with Gasteiger partial charge in [0.2, 0.25) is 5.91 Å². The van der Waals surface area contributed by atoms with Gasteiger partial charge in [0.25, 0.3) is 0 Å². The number of hydrogen-bond donors (Lipinski definition) is 2. The third-order valence-electron chi connectivity index (χ3n) is 3.90. The third-order valence-corrected chi connectivity index (χ3v) is 4.97. The summed E-state index contributed by atoms with van der Waals surface area (Å²) in [5.41, 5.74) is 2.01. The van der Waals surface area contributed by atoms with Gasteiger partial charge in [-0.05, 0) is 26.0 Å². The fourth-order valence-electron chi connectivity index (χ4n) is 2.37.